The molecule has 1 N–H and O–H groups in total. The SMILES string of the molecule is CCCOCC(=O)NCCCO[C@H]1CCCc2ccccc21. The molecule has 1 atom stereocenters. The van der Waals surface area contributed by atoms with Crippen LogP contribution in [-0.4, -0.2) is 32.3 Å². The molecular weight excluding hydrogens is 278 g/mol. The molecule has 2 rings (SSSR count). The lowest BCUT2D eigenvalue weighted by Gasteiger charge is -2.25. The van der Waals surface area contributed by atoms with Gasteiger partial charge in [0.25, 0.3) is 0 Å². The van der Waals surface area contributed by atoms with Crippen molar-refractivity contribution in [2.24, 2.45) is 0 Å². The van der Waals surface area contributed by atoms with Crippen LogP contribution in [0.1, 0.15) is 49.8 Å². The highest BCUT2D eigenvalue weighted by atomic mass is 16.5. The Kier molecular flexibility index (Phi) is 7.40. The first-order valence-corrected chi connectivity index (χ1v) is 8.35. The Balaban J connectivity index is 1.61. The molecule has 0 fully saturated rings. The zero-order chi connectivity index (χ0) is 15.6. The summed E-state index contributed by atoms with van der Waals surface area (Å²) in [5.41, 5.74) is 2.76. The van der Waals surface area contributed by atoms with Crippen LogP contribution < -0.4 is 5.32 Å². The smallest absolute Gasteiger partial charge is 0.245 e. The molecule has 122 valence electrons. The minimum Gasteiger partial charge on any atom is -0.373 e. The number of benzene rings is 1. The molecule has 1 aromatic carbocycles. The maximum atomic E-state index is 11.5. The van der Waals surface area contributed by atoms with Gasteiger partial charge in [-0.05, 0) is 43.2 Å². The molecule has 22 heavy (non-hydrogen) atoms. The molecule has 1 aliphatic carbocycles. The van der Waals surface area contributed by atoms with Crippen LogP contribution in [0.3, 0.4) is 0 Å². The van der Waals surface area contributed by atoms with E-state index in [-0.39, 0.29) is 18.6 Å². The summed E-state index contributed by atoms with van der Waals surface area (Å²) in [6.07, 6.45) is 5.42. The van der Waals surface area contributed by atoms with Gasteiger partial charge in [-0.3, -0.25) is 4.79 Å². The molecule has 0 heterocycles. The van der Waals surface area contributed by atoms with Crippen molar-refractivity contribution in [3.8, 4) is 0 Å². The van der Waals surface area contributed by atoms with E-state index < -0.39 is 0 Å². The van der Waals surface area contributed by atoms with Gasteiger partial charge in [-0.15, -0.1) is 0 Å². The van der Waals surface area contributed by atoms with Gasteiger partial charge in [-0.25, -0.2) is 0 Å². The van der Waals surface area contributed by atoms with E-state index in [1.54, 1.807) is 0 Å². The highest BCUT2D eigenvalue weighted by Gasteiger charge is 2.19. The zero-order valence-electron chi connectivity index (χ0n) is 13.5. The third kappa shape index (κ3) is 5.43. The number of rotatable bonds is 9. The van der Waals surface area contributed by atoms with E-state index >= 15 is 0 Å². The lowest BCUT2D eigenvalue weighted by molar-refractivity contribution is -0.125. The number of carbonyl (C=O) groups excluding carboxylic acids is 1. The molecule has 0 radical (unpaired) electrons. The van der Waals surface area contributed by atoms with Crippen molar-refractivity contribution < 1.29 is 14.3 Å². The maximum absolute atomic E-state index is 11.5. The van der Waals surface area contributed by atoms with Crippen molar-refractivity contribution in [3.63, 3.8) is 0 Å². The highest BCUT2D eigenvalue weighted by molar-refractivity contribution is 5.77. The highest BCUT2D eigenvalue weighted by Crippen LogP contribution is 2.32. The Hall–Kier alpha value is -1.39. The van der Waals surface area contributed by atoms with Gasteiger partial charge < -0.3 is 14.8 Å². The average Bonchev–Trinajstić information content (AvgIpc) is 2.55. The van der Waals surface area contributed by atoms with E-state index in [0.717, 1.165) is 25.7 Å². The third-order valence-electron chi connectivity index (χ3n) is 3.86. The largest absolute Gasteiger partial charge is 0.373 e. The summed E-state index contributed by atoms with van der Waals surface area (Å²) in [6.45, 7) is 4.14. The molecule has 1 aromatic rings. The third-order valence-corrected chi connectivity index (χ3v) is 3.86. The van der Waals surface area contributed by atoms with E-state index in [4.69, 9.17) is 9.47 Å². The molecule has 0 spiro atoms. The number of amides is 1. The summed E-state index contributed by atoms with van der Waals surface area (Å²) >= 11 is 0. The second-order valence-electron chi connectivity index (χ2n) is 5.71. The first kappa shape index (κ1) is 17.0. The lowest BCUT2D eigenvalue weighted by atomic mass is 9.89. The summed E-state index contributed by atoms with van der Waals surface area (Å²) in [5.74, 6) is -0.0449. The molecule has 4 nitrogen and oxygen atoms in total. The first-order valence-electron chi connectivity index (χ1n) is 8.35. The van der Waals surface area contributed by atoms with Crippen LogP contribution in [0.25, 0.3) is 0 Å². The van der Waals surface area contributed by atoms with Gasteiger partial charge in [-0.1, -0.05) is 31.2 Å². The van der Waals surface area contributed by atoms with Crippen LogP contribution in [-0.2, 0) is 20.7 Å². The predicted octanol–water partition coefficient (Wildman–Crippen LogP) is 3.01. The first-order chi connectivity index (χ1) is 10.8. The molecule has 0 saturated carbocycles. The Labute approximate surface area is 133 Å². The summed E-state index contributed by atoms with van der Waals surface area (Å²) in [5, 5.41) is 2.85. The van der Waals surface area contributed by atoms with Gasteiger partial charge in [0.2, 0.25) is 5.91 Å². The Bertz CT molecular complexity index is 461. The number of carbonyl (C=O) groups is 1. The van der Waals surface area contributed by atoms with E-state index in [1.807, 2.05) is 6.92 Å². The van der Waals surface area contributed by atoms with Crippen LogP contribution in [0.2, 0.25) is 0 Å². The number of hydrogen-bond donors (Lipinski definition) is 1. The van der Waals surface area contributed by atoms with Crippen molar-refractivity contribution >= 4 is 5.91 Å². The van der Waals surface area contributed by atoms with Gasteiger partial charge >= 0.3 is 0 Å². The molecule has 0 unspecified atom stereocenters. The Morgan fingerprint density at radius 2 is 2.18 bits per heavy atom. The fraction of sp³-hybridized carbons (Fsp3) is 0.611. The van der Waals surface area contributed by atoms with Gasteiger partial charge in [-0.2, -0.15) is 0 Å². The molecule has 0 aliphatic heterocycles. The summed E-state index contributed by atoms with van der Waals surface area (Å²) in [4.78, 5) is 11.5. The Morgan fingerprint density at radius 3 is 3.05 bits per heavy atom. The van der Waals surface area contributed by atoms with Crippen LogP contribution >= 0.6 is 0 Å². The van der Waals surface area contributed by atoms with Crippen LogP contribution in [0.4, 0.5) is 0 Å². The van der Waals surface area contributed by atoms with E-state index in [0.29, 0.717) is 19.8 Å². The van der Waals surface area contributed by atoms with Gasteiger partial charge in [0, 0.05) is 19.8 Å². The van der Waals surface area contributed by atoms with Crippen molar-refractivity contribution in [3.05, 3.63) is 35.4 Å². The number of nitrogens with one attached hydrogen (secondary N) is 1. The summed E-state index contributed by atoms with van der Waals surface area (Å²) in [7, 11) is 0. The minimum atomic E-state index is -0.0449. The molecule has 0 saturated heterocycles. The van der Waals surface area contributed by atoms with Gasteiger partial charge in [0.1, 0.15) is 6.61 Å². The van der Waals surface area contributed by atoms with Crippen molar-refractivity contribution in [1.82, 2.24) is 5.32 Å². The molecule has 4 heteroatoms. The lowest BCUT2D eigenvalue weighted by Crippen LogP contribution is -2.29. The molecular formula is C18H27NO3. The normalized spacial score (nSPS) is 17.0. The fourth-order valence-electron chi connectivity index (χ4n) is 2.77. The van der Waals surface area contributed by atoms with Crippen molar-refractivity contribution in [1.29, 1.82) is 0 Å². The predicted molar refractivity (Wildman–Crippen MR) is 86.8 cm³/mol. The van der Waals surface area contributed by atoms with Crippen LogP contribution in [0, 0.1) is 0 Å². The van der Waals surface area contributed by atoms with Gasteiger partial charge in [0.15, 0.2) is 0 Å². The number of fused-ring (bicyclic) bond motifs is 1. The number of aryl methyl sites for hydroxylation is 1. The molecule has 0 bridgehead atoms. The van der Waals surface area contributed by atoms with Crippen molar-refractivity contribution in [2.45, 2.75) is 45.1 Å². The quantitative estimate of drug-likeness (QED) is 0.713. The van der Waals surface area contributed by atoms with E-state index in [1.165, 1.54) is 17.5 Å². The Morgan fingerprint density at radius 1 is 1.32 bits per heavy atom. The summed E-state index contributed by atoms with van der Waals surface area (Å²) < 4.78 is 11.2. The average molecular weight is 305 g/mol. The van der Waals surface area contributed by atoms with Crippen LogP contribution in [0.5, 0.6) is 0 Å². The van der Waals surface area contributed by atoms with Crippen LogP contribution in [0.15, 0.2) is 24.3 Å². The second kappa shape index (κ2) is 9.59. The fourth-order valence-corrected chi connectivity index (χ4v) is 2.77. The second-order valence-corrected chi connectivity index (χ2v) is 5.71. The van der Waals surface area contributed by atoms with E-state index in [9.17, 15) is 4.79 Å². The minimum absolute atomic E-state index is 0.0449. The summed E-state index contributed by atoms with van der Waals surface area (Å²) in [6, 6.07) is 8.54. The molecule has 0 aromatic heterocycles. The van der Waals surface area contributed by atoms with Gasteiger partial charge in [0.05, 0.1) is 6.10 Å². The zero-order valence-corrected chi connectivity index (χ0v) is 13.5. The monoisotopic (exact) mass is 305 g/mol. The standard InChI is InChI=1S/C18H27NO3/c1-2-12-21-14-18(20)19-11-6-13-22-17-10-5-8-15-7-3-4-9-16(15)17/h3-4,7,9,17H,2,5-6,8,10-14H2,1H3,(H,19,20)/t17-/m0/s1. The topological polar surface area (TPSA) is 47.6 Å². The molecule has 1 amide bonds. The molecule has 1 aliphatic rings. The number of hydrogen-bond acceptors (Lipinski definition) is 3. The maximum Gasteiger partial charge on any atom is 0.245 e. The van der Waals surface area contributed by atoms with E-state index in [2.05, 4.69) is 29.6 Å². The van der Waals surface area contributed by atoms with Crippen molar-refractivity contribution in [2.75, 3.05) is 26.4 Å². The number of ether oxygens (including phenoxy) is 2.